The lowest BCUT2D eigenvalue weighted by Gasteiger charge is -2.15. The Balaban J connectivity index is 1.25. The van der Waals surface area contributed by atoms with Crippen molar-refractivity contribution in [3.8, 4) is 0 Å². The second-order valence-electron chi connectivity index (χ2n) is 10.4. The molecule has 232 valence electrons. The SMILES string of the molecule is CCOC(=O)c1ccc(N2C(=O)CC(Sc3ccc(NC(=O)/C(=C/c4cccc(C)c4)NC(=O)c4ccccc4)cc3)C2=O)cc1. The predicted molar refractivity (Wildman–Crippen MR) is 177 cm³/mol. The van der Waals surface area contributed by atoms with Crippen LogP contribution in [0.15, 0.2) is 114 Å². The fraction of sp³-hybridized carbons (Fsp3) is 0.139. The van der Waals surface area contributed by atoms with E-state index in [4.69, 9.17) is 4.74 Å². The Hall–Kier alpha value is -5.48. The molecule has 0 spiro atoms. The van der Waals surface area contributed by atoms with E-state index < -0.39 is 23.0 Å². The maximum atomic E-state index is 13.4. The van der Waals surface area contributed by atoms with Crippen LogP contribution in [-0.4, -0.2) is 41.5 Å². The van der Waals surface area contributed by atoms with Crippen molar-refractivity contribution in [2.24, 2.45) is 0 Å². The van der Waals surface area contributed by atoms with Gasteiger partial charge >= 0.3 is 5.97 Å². The zero-order valence-electron chi connectivity index (χ0n) is 25.2. The van der Waals surface area contributed by atoms with Gasteiger partial charge in [0.1, 0.15) is 5.70 Å². The highest BCUT2D eigenvalue weighted by molar-refractivity contribution is 8.00. The molecule has 4 aromatic carbocycles. The van der Waals surface area contributed by atoms with Crippen LogP contribution in [0.3, 0.4) is 0 Å². The first kappa shape index (κ1) is 31.9. The van der Waals surface area contributed by atoms with E-state index in [0.29, 0.717) is 22.5 Å². The second kappa shape index (κ2) is 14.5. The number of anilines is 2. The number of hydrogen-bond acceptors (Lipinski definition) is 7. The van der Waals surface area contributed by atoms with E-state index in [1.807, 2.05) is 31.2 Å². The quantitative estimate of drug-likeness (QED) is 0.125. The standard InChI is InChI=1S/C36H31N3O6S/c1-3-45-36(44)26-12-16-28(17-13-26)39-32(40)22-31(35(39)43)46-29-18-14-27(15-19-29)37-34(42)30(21-24-9-7-8-23(2)20-24)38-33(41)25-10-5-4-6-11-25/h4-21,31H,3,22H2,1-2H3,(H,37,42)(H,38,41)/b30-21-. The van der Waals surface area contributed by atoms with Crippen molar-refractivity contribution in [2.45, 2.75) is 30.4 Å². The number of imide groups is 1. The van der Waals surface area contributed by atoms with Crippen molar-refractivity contribution >= 4 is 58.8 Å². The van der Waals surface area contributed by atoms with Gasteiger partial charge in [-0.3, -0.25) is 19.2 Å². The van der Waals surface area contributed by atoms with Gasteiger partial charge in [-0.2, -0.15) is 0 Å². The van der Waals surface area contributed by atoms with Crippen LogP contribution in [0.2, 0.25) is 0 Å². The van der Waals surface area contributed by atoms with Gasteiger partial charge in [0.05, 0.1) is 23.1 Å². The number of thioether (sulfide) groups is 1. The Bertz CT molecular complexity index is 1800. The first-order valence-corrected chi connectivity index (χ1v) is 15.5. The van der Waals surface area contributed by atoms with E-state index in [2.05, 4.69) is 10.6 Å². The molecular formula is C36H31N3O6S. The predicted octanol–water partition coefficient (Wildman–Crippen LogP) is 6.01. The molecular weight excluding hydrogens is 602 g/mol. The number of rotatable bonds is 10. The number of ether oxygens (including phenoxy) is 1. The van der Waals surface area contributed by atoms with Crippen LogP contribution in [-0.2, 0) is 19.1 Å². The van der Waals surface area contributed by atoms with Crippen LogP contribution < -0.4 is 15.5 Å². The average molecular weight is 634 g/mol. The first-order valence-electron chi connectivity index (χ1n) is 14.6. The summed E-state index contributed by atoms with van der Waals surface area (Å²) in [4.78, 5) is 66.0. The second-order valence-corrected chi connectivity index (χ2v) is 11.7. The molecule has 1 heterocycles. The van der Waals surface area contributed by atoms with E-state index in [1.165, 1.54) is 23.9 Å². The summed E-state index contributed by atoms with van der Waals surface area (Å²) in [5.41, 5.74) is 3.45. The van der Waals surface area contributed by atoms with E-state index in [9.17, 15) is 24.0 Å². The molecule has 1 saturated heterocycles. The Kier molecular flexibility index (Phi) is 10.1. The van der Waals surface area contributed by atoms with E-state index in [1.54, 1.807) is 79.7 Å². The maximum absolute atomic E-state index is 13.4. The Morgan fingerprint density at radius 2 is 1.61 bits per heavy atom. The molecule has 0 aromatic heterocycles. The summed E-state index contributed by atoms with van der Waals surface area (Å²) in [7, 11) is 0. The molecule has 5 rings (SSSR count). The summed E-state index contributed by atoms with van der Waals surface area (Å²) in [6, 6.07) is 29.2. The minimum atomic E-state index is -0.630. The van der Waals surface area contributed by atoms with Crippen molar-refractivity contribution in [3.63, 3.8) is 0 Å². The van der Waals surface area contributed by atoms with Crippen molar-refractivity contribution < 1.29 is 28.7 Å². The molecule has 2 N–H and O–H groups in total. The Morgan fingerprint density at radius 3 is 2.28 bits per heavy atom. The number of aryl methyl sites for hydroxylation is 1. The number of amides is 4. The molecule has 1 aliphatic rings. The number of carbonyl (C=O) groups excluding carboxylic acids is 5. The smallest absolute Gasteiger partial charge is 0.338 e. The average Bonchev–Trinajstić information content (AvgIpc) is 3.33. The van der Waals surface area contributed by atoms with Crippen LogP contribution >= 0.6 is 11.8 Å². The molecule has 4 amide bonds. The highest BCUT2D eigenvalue weighted by Gasteiger charge is 2.40. The fourth-order valence-corrected chi connectivity index (χ4v) is 5.83. The zero-order chi connectivity index (χ0) is 32.6. The van der Waals surface area contributed by atoms with Crippen LogP contribution in [0.5, 0.6) is 0 Å². The Morgan fingerprint density at radius 1 is 0.891 bits per heavy atom. The topological polar surface area (TPSA) is 122 Å². The number of esters is 1. The number of nitrogens with zero attached hydrogens (tertiary/aromatic N) is 1. The van der Waals surface area contributed by atoms with Gasteiger partial charge < -0.3 is 15.4 Å². The van der Waals surface area contributed by atoms with Gasteiger partial charge in [-0.25, -0.2) is 9.69 Å². The highest BCUT2D eigenvalue weighted by atomic mass is 32.2. The zero-order valence-corrected chi connectivity index (χ0v) is 26.0. The molecule has 0 radical (unpaired) electrons. The van der Waals surface area contributed by atoms with Gasteiger partial charge in [0.25, 0.3) is 11.8 Å². The van der Waals surface area contributed by atoms with E-state index in [-0.39, 0.29) is 30.5 Å². The summed E-state index contributed by atoms with van der Waals surface area (Å²) in [6.45, 7) is 3.90. The molecule has 1 atom stereocenters. The highest BCUT2D eigenvalue weighted by Crippen LogP contribution is 2.34. The summed E-state index contributed by atoms with van der Waals surface area (Å²) in [5, 5.41) is 4.93. The number of nitrogens with one attached hydrogen (secondary N) is 2. The molecule has 0 bridgehead atoms. The third-order valence-corrected chi connectivity index (χ3v) is 8.21. The molecule has 10 heteroatoms. The third kappa shape index (κ3) is 7.77. The number of hydrogen-bond donors (Lipinski definition) is 2. The van der Waals surface area contributed by atoms with Crippen LogP contribution in [0.25, 0.3) is 6.08 Å². The third-order valence-electron chi connectivity index (χ3n) is 7.01. The molecule has 46 heavy (non-hydrogen) atoms. The lowest BCUT2D eigenvalue weighted by Crippen LogP contribution is -2.31. The number of benzene rings is 4. The van der Waals surface area contributed by atoms with Crippen LogP contribution in [0, 0.1) is 6.92 Å². The van der Waals surface area contributed by atoms with E-state index >= 15 is 0 Å². The lowest BCUT2D eigenvalue weighted by molar-refractivity contribution is -0.121. The van der Waals surface area contributed by atoms with Gasteiger partial charge in [-0.15, -0.1) is 11.8 Å². The first-order chi connectivity index (χ1) is 22.2. The van der Waals surface area contributed by atoms with Crippen LogP contribution in [0.1, 0.15) is 45.2 Å². The molecule has 1 aliphatic heterocycles. The fourth-order valence-electron chi connectivity index (χ4n) is 4.78. The minimum Gasteiger partial charge on any atom is -0.462 e. The van der Waals surface area contributed by atoms with Crippen molar-refractivity contribution in [2.75, 3.05) is 16.8 Å². The van der Waals surface area contributed by atoms with Crippen molar-refractivity contribution in [1.82, 2.24) is 5.32 Å². The molecule has 0 aliphatic carbocycles. The Labute approximate surface area is 270 Å². The van der Waals surface area contributed by atoms with Gasteiger partial charge in [-0.05, 0) is 86.2 Å². The summed E-state index contributed by atoms with van der Waals surface area (Å²) in [5.74, 6) is -2.08. The van der Waals surface area contributed by atoms with Gasteiger partial charge in [0, 0.05) is 22.6 Å². The largest absolute Gasteiger partial charge is 0.462 e. The molecule has 0 saturated carbocycles. The van der Waals surface area contributed by atoms with E-state index in [0.717, 1.165) is 20.9 Å². The summed E-state index contributed by atoms with van der Waals surface area (Å²) >= 11 is 1.25. The molecule has 4 aromatic rings. The summed E-state index contributed by atoms with van der Waals surface area (Å²) in [6.07, 6.45) is 1.64. The number of carbonyl (C=O) groups is 5. The summed E-state index contributed by atoms with van der Waals surface area (Å²) < 4.78 is 4.99. The normalized spacial score (nSPS) is 14.6. The monoisotopic (exact) mass is 633 g/mol. The van der Waals surface area contributed by atoms with Gasteiger partial charge in [-0.1, -0.05) is 48.0 Å². The maximum Gasteiger partial charge on any atom is 0.338 e. The van der Waals surface area contributed by atoms with Gasteiger partial charge in [0.2, 0.25) is 11.8 Å². The lowest BCUT2D eigenvalue weighted by atomic mass is 10.1. The molecule has 1 fully saturated rings. The van der Waals surface area contributed by atoms with Crippen molar-refractivity contribution in [1.29, 1.82) is 0 Å². The molecule has 9 nitrogen and oxygen atoms in total. The van der Waals surface area contributed by atoms with Crippen molar-refractivity contribution in [3.05, 3.63) is 131 Å². The molecule has 1 unspecified atom stereocenters. The minimum absolute atomic E-state index is 0.0237. The van der Waals surface area contributed by atoms with Crippen LogP contribution in [0.4, 0.5) is 11.4 Å². The van der Waals surface area contributed by atoms with Gasteiger partial charge in [0.15, 0.2) is 0 Å².